The molecule has 0 saturated carbocycles. The Hall–Kier alpha value is -1.43. The molecule has 0 spiro atoms. The van der Waals surface area contributed by atoms with Gasteiger partial charge in [-0.15, -0.1) is 0 Å². The third kappa shape index (κ3) is 6.91. The van der Waals surface area contributed by atoms with Crippen molar-refractivity contribution in [3.63, 3.8) is 0 Å². The van der Waals surface area contributed by atoms with E-state index in [0.717, 1.165) is 11.1 Å². The van der Waals surface area contributed by atoms with Crippen molar-refractivity contribution < 1.29 is 14.3 Å². The molecule has 0 radical (unpaired) electrons. The first kappa shape index (κ1) is 15.6. The fourth-order valence-electron chi connectivity index (χ4n) is 1.64. The fraction of sp³-hybridized carbons (Fsp3) is 0.500. The summed E-state index contributed by atoms with van der Waals surface area (Å²) in [6.07, 6.45) is 0. The molecule has 1 rings (SSSR count). The van der Waals surface area contributed by atoms with Gasteiger partial charge in [0.15, 0.2) is 0 Å². The number of ether oxygens (including phenoxy) is 2. The molecule has 0 atom stereocenters. The minimum atomic E-state index is -0.0201. The minimum absolute atomic E-state index is 0.0201. The molecule has 0 aliphatic rings. The standard InChI is InChI=1S/C14H22N2O3/c1-18-7-6-15-10-14(17)16-9-12-4-3-5-13(8-12)11-19-2/h3-5,8,15H,6-7,9-11H2,1-2H3,(H,16,17). The van der Waals surface area contributed by atoms with Gasteiger partial charge in [0, 0.05) is 27.3 Å². The Labute approximate surface area is 114 Å². The third-order valence-electron chi connectivity index (χ3n) is 2.56. The molecule has 5 nitrogen and oxygen atoms in total. The molecule has 0 aliphatic carbocycles. The van der Waals surface area contributed by atoms with Crippen LogP contribution in [0, 0.1) is 0 Å². The number of rotatable bonds is 9. The van der Waals surface area contributed by atoms with Gasteiger partial charge >= 0.3 is 0 Å². The van der Waals surface area contributed by atoms with Crippen LogP contribution in [0.1, 0.15) is 11.1 Å². The van der Waals surface area contributed by atoms with Crippen LogP contribution in [0.3, 0.4) is 0 Å². The van der Waals surface area contributed by atoms with E-state index in [1.165, 1.54) is 0 Å². The van der Waals surface area contributed by atoms with Crippen molar-refractivity contribution in [3.05, 3.63) is 35.4 Å². The van der Waals surface area contributed by atoms with Crippen LogP contribution in [-0.2, 0) is 27.4 Å². The molecule has 0 fully saturated rings. The maximum absolute atomic E-state index is 11.6. The summed E-state index contributed by atoms with van der Waals surface area (Å²) < 4.78 is 9.96. The van der Waals surface area contributed by atoms with E-state index in [-0.39, 0.29) is 5.91 Å². The summed E-state index contributed by atoms with van der Waals surface area (Å²) in [4.78, 5) is 11.6. The van der Waals surface area contributed by atoms with Crippen LogP contribution >= 0.6 is 0 Å². The number of benzene rings is 1. The summed E-state index contributed by atoms with van der Waals surface area (Å²) >= 11 is 0. The lowest BCUT2D eigenvalue weighted by Gasteiger charge is -2.08. The van der Waals surface area contributed by atoms with E-state index >= 15 is 0 Å². The molecule has 0 aromatic heterocycles. The normalized spacial score (nSPS) is 10.4. The van der Waals surface area contributed by atoms with Crippen LogP contribution in [0.5, 0.6) is 0 Å². The average molecular weight is 266 g/mol. The third-order valence-corrected chi connectivity index (χ3v) is 2.56. The number of methoxy groups -OCH3 is 2. The highest BCUT2D eigenvalue weighted by atomic mass is 16.5. The van der Waals surface area contributed by atoms with Crippen LogP contribution in [0.25, 0.3) is 0 Å². The lowest BCUT2D eigenvalue weighted by molar-refractivity contribution is -0.120. The summed E-state index contributed by atoms with van der Waals surface area (Å²) in [6.45, 7) is 2.70. The predicted molar refractivity (Wildman–Crippen MR) is 73.7 cm³/mol. The quantitative estimate of drug-likeness (QED) is 0.646. The van der Waals surface area contributed by atoms with Crippen molar-refractivity contribution in [3.8, 4) is 0 Å². The van der Waals surface area contributed by atoms with Crippen molar-refractivity contribution in [2.24, 2.45) is 0 Å². The Morgan fingerprint density at radius 2 is 2.00 bits per heavy atom. The molecule has 0 unspecified atom stereocenters. The van der Waals surface area contributed by atoms with Gasteiger partial charge in [-0.2, -0.15) is 0 Å². The molecule has 19 heavy (non-hydrogen) atoms. The largest absolute Gasteiger partial charge is 0.383 e. The summed E-state index contributed by atoms with van der Waals surface area (Å²) in [5, 5.41) is 5.86. The molecule has 0 bridgehead atoms. The van der Waals surface area contributed by atoms with Crippen LogP contribution in [0.4, 0.5) is 0 Å². The van der Waals surface area contributed by atoms with Gasteiger partial charge in [-0.25, -0.2) is 0 Å². The van der Waals surface area contributed by atoms with Crippen molar-refractivity contribution in [1.29, 1.82) is 0 Å². The summed E-state index contributed by atoms with van der Waals surface area (Å²) in [5.41, 5.74) is 2.17. The molecule has 0 heterocycles. The Morgan fingerprint density at radius 1 is 1.21 bits per heavy atom. The van der Waals surface area contributed by atoms with Crippen LogP contribution < -0.4 is 10.6 Å². The second-order valence-electron chi connectivity index (χ2n) is 4.20. The van der Waals surface area contributed by atoms with Gasteiger partial charge < -0.3 is 20.1 Å². The highest BCUT2D eigenvalue weighted by Crippen LogP contribution is 2.05. The van der Waals surface area contributed by atoms with E-state index in [1.807, 2.05) is 24.3 Å². The van der Waals surface area contributed by atoms with Gasteiger partial charge in [0.25, 0.3) is 0 Å². The van der Waals surface area contributed by atoms with Gasteiger partial charge in [0.05, 0.1) is 19.8 Å². The van der Waals surface area contributed by atoms with Crippen LogP contribution in [-0.4, -0.2) is 39.8 Å². The van der Waals surface area contributed by atoms with Gasteiger partial charge in [-0.1, -0.05) is 24.3 Å². The monoisotopic (exact) mass is 266 g/mol. The summed E-state index contributed by atoms with van der Waals surface area (Å²) in [6, 6.07) is 7.98. The first-order valence-corrected chi connectivity index (χ1v) is 6.29. The van der Waals surface area contributed by atoms with Crippen molar-refractivity contribution >= 4 is 5.91 Å². The van der Waals surface area contributed by atoms with E-state index in [9.17, 15) is 4.79 Å². The van der Waals surface area contributed by atoms with E-state index in [4.69, 9.17) is 9.47 Å². The van der Waals surface area contributed by atoms with E-state index in [0.29, 0.717) is 32.8 Å². The Balaban J connectivity index is 2.27. The van der Waals surface area contributed by atoms with Crippen LogP contribution in [0.15, 0.2) is 24.3 Å². The van der Waals surface area contributed by atoms with E-state index < -0.39 is 0 Å². The molecule has 0 saturated heterocycles. The number of nitrogens with one attached hydrogen (secondary N) is 2. The molecular weight excluding hydrogens is 244 g/mol. The maximum atomic E-state index is 11.6. The second kappa shape index (κ2) is 9.49. The molecule has 1 amide bonds. The van der Waals surface area contributed by atoms with Gasteiger partial charge in [-0.05, 0) is 11.1 Å². The molecule has 1 aromatic rings. The highest BCUT2D eigenvalue weighted by Gasteiger charge is 2.01. The van der Waals surface area contributed by atoms with E-state index in [2.05, 4.69) is 10.6 Å². The minimum Gasteiger partial charge on any atom is -0.383 e. The summed E-state index contributed by atoms with van der Waals surface area (Å²) in [7, 11) is 3.30. The maximum Gasteiger partial charge on any atom is 0.234 e. The summed E-state index contributed by atoms with van der Waals surface area (Å²) in [5.74, 6) is -0.0201. The zero-order chi connectivity index (χ0) is 13.9. The number of carbonyl (C=O) groups excluding carboxylic acids is 1. The molecule has 0 aliphatic heterocycles. The number of amides is 1. The lowest BCUT2D eigenvalue weighted by Crippen LogP contribution is -2.34. The Morgan fingerprint density at radius 3 is 2.74 bits per heavy atom. The molecule has 1 aromatic carbocycles. The van der Waals surface area contributed by atoms with Crippen molar-refractivity contribution in [1.82, 2.24) is 10.6 Å². The van der Waals surface area contributed by atoms with Crippen molar-refractivity contribution in [2.45, 2.75) is 13.2 Å². The lowest BCUT2D eigenvalue weighted by atomic mass is 10.1. The molecular formula is C14H22N2O3. The smallest absolute Gasteiger partial charge is 0.234 e. The van der Waals surface area contributed by atoms with E-state index in [1.54, 1.807) is 14.2 Å². The van der Waals surface area contributed by atoms with Gasteiger partial charge in [-0.3, -0.25) is 4.79 Å². The zero-order valence-corrected chi connectivity index (χ0v) is 11.6. The highest BCUT2D eigenvalue weighted by molar-refractivity contribution is 5.77. The number of carbonyl (C=O) groups is 1. The molecule has 5 heteroatoms. The number of hydrogen-bond acceptors (Lipinski definition) is 4. The predicted octanol–water partition coefficient (Wildman–Crippen LogP) is 0.685. The topological polar surface area (TPSA) is 59.6 Å². The van der Waals surface area contributed by atoms with Crippen molar-refractivity contribution in [2.75, 3.05) is 33.9 Å². The Bertz CT molecular complexity index is 383. The molecule has 106 valence electrons. The van der Waals surface area contributed by atoms with Gasteiger partial charge in [0.2, 0.25) is 5.91 Å². The first-order valence-electron chi connectivity index (χ1n) is 6.29. The first-order chi connectivity index (χ1) is 9.26. The Kier molecular flexibility index (Phi) is 7.81. The fourth-order valence-corrected chi connectivity index (χ4v) is 1.64. The zero-order valence-electron chi connectivity index (χ0n) is 11.6. The number of hydrogen-bond donors (Lipinski definition) is 2. The van der Waals surface area contributed by atoms with Crippen LogP contribution in [0.2, 0.25) is 0 Å². The SMILES string of the molecule is COCCNCC(=O)NCc1cccc(COC)c1. The second-order valence-corrected chi connectivity index (χ2v) is 4.20. The van der Waals surface area contributed by atoms with Gasteiger partial charge in [0.1, 0.15) is 0 Å². The molecule has 2 N–H and O–H groups in total. The average Bonchev–Trinajstić information content (AvgIpc) is 2.42.